The molecule has 3 aromatic rings. The van der Waals surface area contributed by atoms with Crippen LogP contribution in [0.5, 0.6) is 0 Å². The summed E-state index contributed by atoms with van der Waals surface area (Å²) in [4.78, 5) is 4.52. The highest BCUT2D eigenvalue weighted by Crippen LogP contribution is 2.16. The molecule has 1 heterocycles. The standard InChI is InChI=1S/C22H27N5/c1-4-18-11-8-12-20(13-18)25-22(23)24-14-21-16(2)26-27(17(21)3)15-19-9-6-5-7-10-19/h5-13H,4,14-15H2,1-3H3,(H3,23,24,25). The lowest BCUT2D eigenvalue weighted by Crippen LogP contribution is -2.22. The topological polar surface area (TPSA) is 68.2 Å². The van der Waals surface area contributed by atoms with Gasteiger partial charge in [-0.1, -0.05) is 49.4 Å². The van der Waals surface area contributed by atoms with Crippen LogP contribution < -0.4 is 11.1 Å². The fourth-order valence-corrected chi connectivity index (χ4v) is 3.09. The minimum absolute atomic E-state index is 0.415. The monoisotopic (exact) mass is 361 g/mol. The van der Waals surface area contributed by atoms with Gasteiger partial charge in [0.1, 0.15) is 0 Å². The Morgan fingerprint density at radius 2 is 1.81 bits per heavy atom. The number of anilines is 1. The normalized spacial score (nSPS) is 11.6. The third-order valence-electron chi connectivity index (χ3n) is 4.72. The molecule has 0 amide bonds. The van der Waals surface area contributed by atoms with E-state index in [2.05, 4.69) is 53.5 Å². The smallest absolute Gasteiger partial charge is 0.193 e. The summed E-state index contributed by atoms with van der Waals surface area (Å²) in [6.07, 6.45) is 0.992. The van der Waals surface area contributed by atoms with E-state index in [-0.39, 0.29) is 0 Å². The van der Waals surface area contributed by atoms with E-state index in [1.165, 1.54) is 11.1 Å². The van der Waals surface area contributed by atoms with Gasteiger partial charge in [-0.2, -0.15) is 5.10 Å². The van der Waals surface area contributed by atoms with Gasteiger partial charge in [0.15, 0.2) is 5.96 Å². The van der Waals surface area contributed by atoms with E-state index in [9.17, 15) is 0 Å². The van der Waals surface area contributed by atoms with Gasteiger partial charge in [0.05, 0.1) is 18.8 Å². The average Bonchev–Trinajstić information content (AvgIpc) is 2.94. The minimum atomic E-state index is 0.415. The third-order valence-corrected chi connectivity index (χ3v) is 4.72. The van der Waals surface area contributed by atoms with Crippen LogP contribution in [-0.4, -0.2) is 15.7 Å². The van der Waals surface area contributed by atoms with Crippen LogP contribution in [0.4, 0.5) is 5.69 Å². The van der Waals surface area contributed by atoms with E-state index < -0.39 is 0 Å². The number of hydrogen-bond donors (Lipinski definition) is 2. The second-order valence-corrected chi connectivity index (χ2v) is 6.67. The second-order valence-electron chi connectivity index (χ2n) is 6.67. The lowest BCUT2D eigenvalue weighted by Gasteiger charge is -2.08. The van der Waals surface area contributed by atoms with Crippen molar-refractivity contribution < 1.29 is 0 Å². The maximum absolute atomic E-state index is 6.09. The summed E-state index contributed by atoms with van der Waals surface area (Å²) in [5.41, 5.74) is 12.8. The van der Waals surface area contributed by atoms with Crippen LogP contribution in [0.3, 0.4) is 0 Å². The van der Waals surface area contributed by atoms with Crippen molar-refractivity contribution >= 4 is 11.6 Å². The summed E-state index contributed by atoms with van der Waals surface area (Å²) in [5.74, 6) is 0.415. The van der Waals surface area contributed by atoms with Crippen molar-refractivity contribution in [2.45, 2.75) is 40.3 Å². The highest BCUT2D eigenvalue weighted by atomic mass is 15.3. The quantitative estimate of drug-likeness (QED) is 0.514. The zero-order valence-electron chi connectivity index (χ0n) is 16.2. The van der Waals surface area contributed by atoms with Crippen molar-refractivity contribution in [1.82, 2.24) is 9.78 Å². The molecule has 0 fully saturated rings. The summed E-state index contributed by atoms with van der Waals surface area (Å²) in [5, 5.41) is 7.85. The van der Waals surface area contributed by atoms with Crippen LogP contribution in [0.15, 0.2) is 59.6 Å². The Morgan fingerprint density at radius 3 is 2.56 bits per heavy atom. The molecule has 0 saturated carbocycles. The number of guanidine groups is 1. The molecule has 1 aromatic heterocycles. The van der Waals surface area contributed by atoms with Crippen molar-refractivity contribution in [1.29, 1.82) is 0 Å². The van der Waals surface area contributed by atoms with E-state index in [0.717, 1.165) is 35.6 Å². The Balaban J connectivity index is 1.70. The molecule has 0 aliphatic rings. The number of benzene rings is 2. The van der Waals surface area contributed by atoms with Gasteiger partial charge in [0, 0.05) is 16.9 Å². The third kappa shape index (κ3) is 4.76. The van der Waals surface area contributed by atoms with Crippen LogP contribution in [0, 0.1) is 13.8 Å². The van der Waals surface area contributed by atoms with Crippen LogP contribution >= 0.6 is 0 Å². The van der Waals surface area contributed by atoms with Gasteiger partial charge in [-0.15, -0.1) is 0 Å². The first-order chi connectivity index (χ1) is 13.1. The predicted molar refractivity (Wildman–Crippen MR) is 112 cm³/mol. The van der Waals surface area contributed by atoms with Gasteiger partial charge in [-0.25, -0.2) is 4.99 Å². The van der Waals surface area contributed by atoms with Gasteiger partial charge in [-0.3, -0.25) is 4.68 Å². The molecule has 3 N–H and O–H groups in total. The molecule has 5 heteroatoms. The highest BCUT2D eigenvalue weighted by molar-refractivity contribution is 5.92. The number of nitrogens with one attached hydrogen (secondary N) is 1. The molecule has 27 heavy (non-hydrogen) atoms. The number of nitrogens with two attached hydrogens (primary N) is 1. The summed E-state index contributed by atoms with van der Waals surface area (Å²) in [6, 6.07) is 18.6. The minimum Gasteiger partial charge on any atom is -0.370 e. The largest absolute Gasteiger partial charge is 0.370 e. The van der Waals surface area contributed by atoms with Crippen LogP contribution in [0.2, 0.25) is 0 Å². The van der Waals surface area contributed by atoms with E-state index in [1.54, 1.807) is 0 Å². The molecule has 0 unspecified atom stereocenters. The van der Waals surface area contributed by atoms with Gasteiger partial charge < -0.3 is 11.1 Å². The first-order valence-corrected chi connectivity index (χ1v) is 9.29. The number of aromatic nitrogens is 2. The average molecular weight is 361 g/mol. The Bertz CT molecular complexity index is 925. The zero-order valence-corrected chi connectivity index (χ0v) is 16.2. The first-order valence-electron chi connectivity index (χ1n) is 9.29. The molecule has 140 valence electrons. The number of rotatable bonds is 6. The second kappa shape index (κ2) is 8.54. The lowest BCUT2D eigenvalue weighted by molar-refractivity contribution is 0.658. The van der Waals surface area contributed by atoms with Gasteiger partial charge in [-0.05, 0) is 43.5 Å². The molecule has 0 bridgehead atoms. The SMILES string of the molecule is CCc1cccc(NC(N)=NCc2c(C)nn(Cc3ccccc3)c2C)c1. The van der Waals surface area contributed by atoms with Crippen molar-refractivity contribution in [3.05, 3.63) is 82.7 Å². The molecule has 3 rings (SSSR count). The maximum Gasteiger partial charge on any atom is 0.193 e. The summed E-state index contributed by atoms with van der Waals surface area (Å²) in [7, 11) is 0. The van der Waals surface area contributed by atoms with E-state index in [0.29, 0.717) is 12.5 Å². The van der Waals surface area contributed by atoms with Crippen LogP contribution in [-0.2, 0) is 19.5 Å². The summed E-state index contributed by atoms with van der Waals surface area (Å²) in [6.45, 7) is 7.51. The van der Waals surface area contributed by atoms with E-state index in [1.807, 2.05) is 41.9 Å². The van der Waals surface area contributed by atoms with Crippen molar-refractivity contribution in [3.8, 4) is 0 Å². The van der Waals surface area contributed by atoms with Gasteiger partial charge >= 0.3 is 0 Å². The number of nitrogens with zero attached hydrogens (tertiary/aromatic N) is 3. The van der Waals surface area contributed by atoms with Gasteiger partial charge in [0.2, 0.25) is 0 Å². The molecule has 0 aliphatic heterocycles. The fourth-order valence-electron chi connectivity index (χ4n) is 3.09. The summed E-state index contributed by atoms with van der Waals surface area (Å²) < 4.78 is 2.03. The molecular formula is C22H27N5. The molecule has 5 nitrogen and oxygen atoms in total. The van der Waals surface area contributed by atoms with Crippen molar-refractivity contribution in [2.75, 3.05) is 5.32 Å². The predicted octanol–water partition coefficient (Wildman–Crippen LogP) is 4.04. The molecule has 0 spiro atoms. The molecule has 0 radical (unpaired) electrons. The Kier molecular flexibility index (Phi) is 5.91. The van der Waals surface area contributed by atoms with Crippen molar-refractivity contribution in [3.63, 3.8) is 0 Å². The Labute approximate surface area is 160 Å². The van der Waals surface area contributed by atoms with E-state index >= 15 is 0 Å². The number of aliphatic imine (C=N–C) groups is 1. The number of hydrogen-bond acceptors (Lipinski definition) is 2. The maximum atomic E-state index is 6.09. The molecular weight excluding hydrogens is 334 g/mol. The number of aryl methyl sites for hydroxylation is 2. The Hall–Kier alpha value is -3.08. The first kappa shape index (κ1) is 18.7. The molecule has 0 aliphatic carbocycles. The lowest BCUT2D eigenvalue weighted by atomic mass is 10.1. The van der Waals surface area contributed by atoms with E-state index in [4.69, 9.17) is 5.73 Å². The van der Waals surface area contributed by atoms with Crippen LogP contribution in [0.1, 0.15) is 35.0 Å². The zero-order chi connectivity index (χ0) is 19.2. The van der Waals surface area contributed by atoms with Crippen LogP contribution in [0.25, 0.3) is 0 Å². The highest BCUT2D eigenvalue weighted by Gasteiger charge is 2.11. The molecule has 0 saturated heterocycles. The fraction of sp³-hybridized carbons (Fsp3) is 0.273. The van der Waals surface area contributed by atoms with Gasteiger partial charge in [0.25, 0.3) is 0 Å². The van der Waals surface area contributed by atoms with Crippen molar-refractivity contribution in [2.24, 2.45) is 10.7 Å². The Morgan fingerprint density at radius 1 is 1.07 bits per heavy atom. The summed E-state index contributed by atoms with van der Waals surface area (Å²) >= 11 is 0. The molecule has 2 aromatic carbocycles. The molecule has 0 atom stereocenters.